The molecule has 0 bridgehead atoms. The minimum Gasteiger partial charge on any atom is -0.137 e. The minimum atomic E-state index is 1.23. The molecule has 21 heavy (non-hydrogen) atoms. The van der Waals surface area contributed by atoms with Crippen molar-refractivity contribution in [1.82, 2.24) is 0 Å². The van der Waals surface area contributed by atoms with Gasteiger partial charge in [0.2, 0.25) is 0 Å². The molecular formula is C20H16S. The first-order valence-corrected chi connectivity index (χ1v) is 7.78. The maximum absolute atomic E-state index is 2.17. The molecule has 0 radical (unpaired) electrons. The van der Waals surface area contributed by atoms with Gasteiger partial charge in [-0.05, 0) is 35.4 Å². The van der Waals surface area contributed by atoms with E-state index in [1.165, 1.54) is 20.9 Å². The van der Waals surface area contributed by atoms with Crippen molar-refractivity contribution in [2.45, 2.75) is 0 Å². The summed E-state index contributed by atoms with van der Waals surface area (Å²) in [6, 6.07) is 25.1. The van der Waals surface area contributed by atoms with Crippen LogP contribution in [0.3, 0.4) is 0 Å². The van der Waals surface area contributed by atoms with Gasteiger partial charge < -0.3 is 0 Å². The lowest BCUT2D eigenvalue weighted by Gasteiger charge is -1.91. The van der Waals surface area contributed by atoms with Crippen LogP contribution in [0.4, 0.5) is 0 Å². The van der Waals surface area contributed by atoms with Gasteiger partial charge in [-0.25, -0.2) is 0 Å². The first-order chi connectivity index (χ1) is 10.4. The first-order valence-electron chi connectivity index (χ1n) is 6.96. The van der Waals surface area contributed by atoms with Crippen molar-refractivity contribution >= 4 is 35.6 Å². The molecule has 3 rings (SSSR count). The monoisotopic (exact) mass is 288 g/mol. The molecule has 0 aliphatic rings. The fourth-order valence-electron chi connectivity index (χ4n) is 2.03. The van der Waals surface area contributed by atoms with Crippen LogP contribution in [-0.2, 0) is 0 Å². The molecule has 0 atom stereocenters. The van der Waals surface area contributed by atoms with Crippen molar-refractivity contribution < 1.29 is 0 Å². The van der Waals surface area contributed by atoms with Gasteiger partial charge in [0.15, 0.2) is 0 Å². The summed E-state index contributed by atoms with van der Waals surface area (Å²) < 4.78 is 0. The Morgan fingerprint density at radius 2 is 0.905 bits per heavy atom. The summed E-state index contributed by atoms with van der Waals surface area (Å²) in [5.41, 5.74) is 2.46. The van der Waals surface area contributed by atoms with Gasteiger partial charge >= 0.3 is 0 Å². The molecule has 0 spiro atoms. The zero-order chi connectivity index (χ0) is 14.3. The zero-order valence-corrected chi connectivity index (χ0v) is 12.5. The van der Waals surface area contributed by atoms with Gasteiger partial charge in [-0.2, -0.15) is 0 Å². The van der Waals surface area contributed by atoms with Crippen LogP contribution in [0.2, 0.25) is 0 Å². The summed E-state index contributed by atoms with van der Waals surface area (Å²) in [6.45, 7) is 0. The summed E-state index contributed by atoms with van der Waals surface area (Å²) in [5.74, 6) is 0. The highest BCUT2D eigenvalue weighted by Crippen LogP contribution is 2.21. The third kappa shape index (κ3) is 4.04. The molecule has 0 aliphatic carbocycles. The predicted octanol–water partition coefficient (Wildman–Crippen LogP) is 6.09. The van der Waals surface area contributed by atoms with E-state index in [2.05, 4.69) is 85.0 Å². The molecule has 0 saturated carbocycles. The third-order valence-corrected chi connectivity index (χ3v) is 4.14. The number of thiophene rings is 1. The number of rotatable bonds is 4. The number of benzene rings is 2. The van der Waals surface area contributed by atoms with E-state index < -0.39 is 0 Å². The van der Waals surface area contributed by atoms with Gasteiger partial charge in [0.05, 0.1) is 0 Å². The molecule has 3 aromatic rings. The van der Waals surface area contributed by atoms with Gasteiger partial charge in [-0.1, -0.05) is 72.8 Å². The van der Waals surface area contributed by atoms with E-state index >= 15 is 0 Å². The summed E-state index contributed by atoms with van der Waals surface area (Å²) >= 11 is 1.80. The van der Waals surface area contributed by atoms with Crippen LogP contribution >= 0.6 is 11.3 Å². The van der Waals surface area contributed by atoms with Gasteiger partial charge in [0.25, 0.3) is 0 Å². The highest BCUT2D eigenvalue weighted by atomic mass is 32.1. The summed E-state index contributed by atoms with van der Waals surface area (Å²) in [7, 11) is 0. The van der Waals surface area contributed by atoms with E-state index in [0.717, 1.165) is 0 Å². The predicted molar refractivity (Wildman–Crippen MR) is 95.1 cm³/mol. The quantitative estimate of drug-likeness (QED) is 0.545. The number of hydrogen-bond donors (Lipinski definition) is 0. The van der Waals surface area contributed by atoms with E-state index in [4.69, 9.17) is 0 Å². The van der Waals surface area contributed by atoms with Crippen molar-refractivity contribution in [3.05, 3.63) is 93.7 Å². The van der Waals surface area contributed by atoms with Crippen LogP contribution in [0.5, 0.6) is 0 Å². The fraction of sp³-hybridized carbons (Fsp3) is 0. The lowest BCUT2D eigenvalue weighted by molar-refractivity contribution is 1.67. The summed E-state index contributed by atoms with van der Waals surface area (Å²) in [4.78, 5) is 2.54. The molecule has 2 aromatic carbocycles. The summed E-state index contributed by atoms with van der Waals surface area (Å²) in [5, 5.41) is 0. The molecule has 1 aromatic heterocycles. The Labute approximate surface area is 129 Å². The Balaban J connectivity index is 1.69. The smallest absolute Gasteiger partial charge is 0.0276 e. The second-order valence-electron chi connectivity index (χ2n) is 4.73. The van der Waals surface area contributed by atoms with Gasteiger partial charge in [0.1, 0.15) is 0 Å². The lowest BCUT2D eigenvalue weighted by Crippen LogP contribution is -1.67. The first kappa shape index (κ1) is 13.6. The average Bonchev–Trinajstić information content (AvgIpc) is 3.01. The Morgan fingerprint density at radius 3 is 1.33 bits per heavy atom. The van der Waals surface area contributed by atoms with Gasteiger partial charge in [-0.3, -0.25) is 0 Å². The van der Waals surface area contributed by atoms with E-state index in [0.29, 0.717) is 0 Å². The van der Waals surface area contributed by atoms with Crippen molar-refractivity contribution in [3.63, 3.8) is 0 Å². The maximum atomic E-state index is 2.17. The third-order valence-electron chi connectivity index (χ3n) is 3.13. The van der Waals surface area contributed by atoms with E-state index in [-0.39, 0.29) is 0 Å². The molecular weight excluding hydrogens is 272 g/mol. The van der Waals surface area contributed by atoms with Crippen LogP contribution in [0.15, 0.2) is 72.8 Å². The standard InChI is InChI=1S/C20H16S/c1-3-7-17(8-4-1)11-13-19-15-16-20(21-19)14-12-18-9-5-2-6-10-18/h1-16H/b13-11+,14-12?. The normalized spacial score (nSPS) is 11.4. The molecule has 1 heterocycles. The van der Waals surface area contributed by atoms with E-state index in [9.17, 15) is 0 Å². The molecule has 0 N–H and O–H groups in total. The second-order valence-corrected chi connectivity index (χ2v) is 5.88. The van der Waals surface area contributed by atoms with Crippen LogP contribution in [0.25, 0.3) is 24.3 Å². The molecule has 0 nitrogen and oxygen atoms in total. The van der Waals surface area contributed by atoms with Crippen LogP contribution in [0, 0.1) is 0 Å². The van der Waals surface area contributed by atoms with Crippen LogP contribution in [0.1, 0.15) is 20.9 Å². The highest BCUT2D eigenvalue weighted by molar-refractivity contribution is 7.13. The molecule has 0 unspecified atom stereocenters. The molecule has 0 fully saturated rings. The van der Waals surface area contributed by atoms with Crippen molar-refractivity contribution in [2.75, 3.05) is 0 Å². The van der Waals surface area contributed by atoms with E-state index in [1.54, 1.807) is 11.3 Å². The fourth-order valence-corrected chi connectivity index (χ4v) is 2.85. The molecule has 0 aliphatic heterocycles. The highest BCUT2D eigenvalue weighted by Gasteiger charge is 1.94. The van der Waals surface area contributed by atoms with Gasteiger partial charge in [0, 0.05) is 9.75 Å². The number of hydrogen-bond acceptors (Lipinski definition) is 1. The lowest BCUT2D eigenvalue weighted by atomic mass is 10.2. The van der Waals surface area contributed by atoms with Crippen molar-refractivity contribution in [3.8, 4) is 0 Å². The van der Waals surface area contributed by atoms with Crippen molar-refractivity contribution in [2.24, 2.45) is 0 Å². The largest absolute Gasteiger partial charge is 0.137 e. The molecule has 1 heteroatoms. The molecule has 0 saturated heterocycles. The minimum absolute atomic E-state index is 1.23. The van der Waals surface area contributed by atoms with E-state index in [1.807, 2.05) is 12.1 Å². The topological polar surface area (TPSA) is 0 Å². The molecule has 0 amide bonds. The summed E-state index contributed by atoms with van der Waals surface area (Å²) in [6.07, 6.45) is 8.63. The Bertz CT molecular complexity index is 670. The van der Waals surface area contributed by atoms with Gasteiger partial charge in [-0.15, -0.1) is 11.3 Å². The average molecular weight is 288 g/mol. The van der Waals surface area contributed by atoms with Crippen LogP contribution in [-0.4, -0.2) is 0 Å². The SMILES string of the molecule is C(=Cc1ccc(/C=C/c2ccccc2)s1)c1ccccc1. The maximum Gasteiger partial charge on any atom is 0.0276 e. The zero-order valence-electron chi connectivity index (χ0n) is 11.6. The van der Waals surface area contributed by atoms with Crippen molar-refractivity contribution in [1.29, 1.82) is 0 Å². The Kier molecular flexibility index (Phi) is 4.45. The molecule has 102 valence electrons. The Morgan fingerprint density at radius 1 is 0.476 bits per heavy atom. The van der Waals surface area contributed by atoms with Crippen LogP contribution < -0.4 is 0 Å². The Hall–Kier alpha value is -2.38. The second kappa shape index (κ2) is 6.87.